The van der Waals surface area contributed by atoms with E-state index in [9.17, 15) is 4.79 Å². The first-order chi connectivity index (χ1) is 6.63. The highest BCUT2D eigenvalue weighted by Gasteiger charge is 2.22. The fraction of sp³-hybridized carbons (Fsp3) is 0.900. The molecule has 1 aliphatic rings. The van der Waals surface area contributed by atoms with Crippen molar-refractivity contribution in [2.75, 3.05) is 40.8 Å². The first kappa shape index (κ1) is 11.5. The third kappa shape index (κ3) is 3.27. The van der Waals surface area contributed by atoms with Gasteiger partial charge in [0, 0.05) is 20.2 Å². The maximum atomic E-state index is 11.6. The summed E-state index contributed by atoms with van der Waals surface area (Å²) in [4.78, 5) is 15.5. The minimum absolute atomic E-state index is 0.226. The van der Waals surface area contributed by atoms with Gasteiger partial charge in [-0.05, 0) is 26.9 Å². The predicted octanol–water partition coefficient (Wildman–Crippen LogP) is 0.185. The van der Waals surface area contributed by atoms with Crippen LogP contribution in [0.1, 0.15) is 12.8 Å². The lowest BCUT2D eigenvalue weighted by Gasteiger charge is -2.31. The molecular weight excluding hydrogens is 180 g/mol. The smallest absolute Gasteiger partial charge is 0.236 e. The molecule has 0 bridgehead atoms. The van der Waals surface area contributed by atoms with Crippen molar-refractivity contribution in [2.45, 2.75) is 18.9 Å². The quantitative estimate of drug-likeness (QED) is 0.652. The molecule has 0 unspecified atom stereocenters. The van der Waals surface area contributed by atoms with Crippen LogP contribution in [0.3, 0.4) is 0 Å². The molecule has 0 spiro atoms. The minimum atomic E-state index is 0.226. The first-order valence-corrected chi connectivity index (χ1v) is 5.08. The molecule has 1 fully saturated rings. The Labute approximate surface area is 85.8 Å². The summed E-state index contributed by atoms with van der Waals surface area (Å²) in [5.74, 6) is 0.226. The van der Waals surface area contributed by atoms with E-state index in [1.807, 2.05) is 23.9 Å². The molecular formula is C10H20N2O2. The lowest BCUT2D eigenvalue weighted by Crippen LogP contribution is -2.44. The lowest BCUT2D eigenvalue weighted by molar-refractivity contribution is -0.134. The number of likely N-dealkylation sites (N-methyl/N-ethyl adjacent to an activating group) is 1. The number of likely N-dealkylation sites (tertiary alicyclic amines) is 1. The Morgan fingerprint density at radius 3 is 2.43 bits per heavy atom. The second kappa shape index (κ2) is 5.32. The summed E-state index contributed by atoms with van der Waals surface area (Å²) in [5.41, 5.74) is 0. The number of carbonyl (C=O) groups is 1. The topological polar surface area (TPSA) is 32.8 Å². The first-order valence-electron chi connectivity index (χ1n) is 5.08. The van der Waals surface area contributed by atoms with Crippen molar-refractivity contribution in [3.63, 3.8) is 0 Å². The van der Waals surface area contributed by atoms with Crippen molar-refractivity contribution >= 4 is 5.91 Å². The van der Waals surface area contributed by atoms with E-state index in [-0.39, 0.29) is 5.91 Å². The monoisotopic (exact) mass is 200 g/mol. The molecule has 1 heterocycles. The number of nitrogens with zero attached hydrogens (tertiary/aromatic N) is 2. The number of carbonyl (C=O) groups excluding carboxylic acids is 1. The maximum Gasteiger partial charge on any atom is 0.236 e. The molecule has 0 N–H and O–H groups in total. The summed E-state index contributed by atoms with van der Waals surface area (Å²) < 4.78 is 5.25. The SMILES string of the molecule is COC1CCN(C(=O)CN(C)C)CC1. The third-order valence-electron chi connectivity index (χ3n) is 2.58. The van der Waals surface area contributed by atoms with Gasteiger partial charge in [0.15, 0.2) is 0 Å². The highest BCUT2D eigenvalue weighted by Crippen LogP contribution is 2.12. The van der Waals surface area contributed by atoms with E-state index in [1.54, 1.807) is 7.11 Å². The number of methoxy groups -OCH3 is 1. The normalized spacial score (nSPS) is 19.0. The Morgan fingerprint density at radius 2 is 2.00 bits per heavy atom. The second-order valence-corrected chi connectivity index (χ2v) is 4.05. The molecule has 0 radical (unpaired) electrons. The highest BCUT2D eigenvalue weighted by atomic mass is 16.5. The van der Waals surface area contributed by atoms with Gasteiger partial charge >= 0.3 is 0 Å². The second-order valence-electron chi connectivity index (χ2n) is 4.05. The lowest BCUT2D eigenvalue weighted by atomic mass is 10.1. The van der Waals surface area contributed by atoms with Gasteiger partial charge in [0.05, 0.1) is 12.6 Å². The van der Waals surface area contributed by atoms with Crippen LogP contribution in [0.2, 0.25) is 0 Å². The van der Waals surface area contributed by atoms with Gasteiger partial charge in [0.1, 0.15) is 0 Å². The molecule has 0 aromatic carbocycles. The van der Waals surface area contributed by atoms with Gasteiger partial charge < -0.3 is 14.5 Å². The van der Waals surface area contributed by atoms with Crippen molar-refractivity contribution in [3.05, 3.63) is 0 Å². The van der Waals surface area contributed by atoms with Gasteiger partial charge in [0.2, 0.25) is 5.91 Å². The number of ether oxygens (including phenoxy) is 1. The van der Waals surface area contributed by atoms with Crippen LogP contribution >= 0.6 is 0 Å². The van der Waals surface area contributed by atoms with Crippen molar-refractivity contribution in [3.8, 4) is 0 Å². The largest absolute Gasteiger partial charge is 0.381 e. The molecule has 1 rings (SSSR count). The van der Waals surface area contributed by atoms with Crippen LogP contribution in [0, 0.1) is 0 Å². The molecule has 1 amide bonds. The Kier molecular flexibility index (Phi) is 4.35. The maximum absolute atomic E-state index is 11.6. The summed E-state index contributed by atoms with van der Waals surface area (Å²) >= 11 is 0. The van der Waals surface area contributed by atoms with E-state index in [0.717, 1.165) is 25.9 Å². The summed E-state index contributed by atoms with van der Waals surface area (Å²) in [6, 6.07) is 0. The fourth-order valence-electron chi connectivity index (χ4n) is 1.71. The standard InChI is InChI=1S/C10H20N2O2/c1-11(2)8-10(13)12-6-4-9(14-3)5-7-12/h9H,4-8H2,1-3H3. The average molecular weight is 200 g/mol. The predicted molar refractivity (Wildman–Crippen MR) is 55.2 cm³/mol. The van der Waals surface area contributed by atoms with Crippen molar-refractivity contribution in [1.29, 1.82) is 0 Å². The van der Waals surface area contributed by atoms with Gasteiger partial charge in [-0.3, -0.25) is 4.79 Å². The number of rotatable bonds is 3. The van der Waals surface area contributed by atoms with Gasteiger partial charge in [0.25, 0.3) is 0 Å². The van der Waals surface area contributed by atoms with Crippen LogP contribution in [0.4, 0.5) is 0 Å². The van der Waals surface area contributed by atoms with Crippen LogP contribution in [0.25, 0.3) is 0 Å². The zero-order chi connectivity index (χ0) is 10.6. The Bertz CT molecular complexity index is 187. The van der Waals surface area contributed by atoms with Gasteiger partial charge in [-0.15, -0.1) is 0 Å². The number of hydrogen-bond donors (Lipinski definition) is 0. The molecule has 0 aromatic rings. The molecule has 0 atom stereocenters. The average Bonchev–Trinajstić information content (AvgIpc) is 2.17. The van der Waals surface area contributed by atoms with E-state index in [1.165, 1.54) is 0 Å². The van der Waals surface area contributed by atoms with E-state index < -0.39 is 0 Å². The van der Waals surface area contributed by atoms with Crippen LogP contribution in [0.5, 0.6) is 0 Å². The summed E-state index contributed by atoms with van der Waals surface area (Å²) in [6.07, 6.45) is 2.28. The van der Waals surface area contributed by atoms with E-state index in [4.69, 9.17) is 4.74 Å². The van der Waals surface area contributed by atoms with E-state index in [2.05, 4.69) is 0 Å². The van der Waals surface area contributed by atoms with E-state index >= 15 is 0 Å². The summed E-state index contributed by atoms with van der Waals surface area (Å²) in [7, 11) is 5.57. The van der Waals surface area contributed by atoms with Crippen LogP contribution in [-0.4, -0.2) is 62.7 Å². The number of amides is 1. The van der Waals surface area contributed by atoms with Gasteiger partial charge in [-0.1, -0.05) is 0 Å². The molecule has 14 heavy (non-hydrogen) atoms. The molecule has 1 aliphatic heterocycles. The number of piperidine rings is 1. The van der Waals surface area contributed by atoms with Crippen LogP contribution in [0.15, 0.2) is 0 Å². The molecule has 1 saturated heterocycles. The van der Waals surface area contributed by atoms with Crippen molar-refractivity contribution in [2.24, 2.45) is 0 Å². The highest BCUT2D eigenvalue weighted by molar-refractivity contribution is 5.78. The molecule has 4 nitrogen and oxygen atoms in total. The van der Waals surface area contributed by atoms with Gasteiger partial charge in [-0.2, -0.15) is 0 Å². The number of hydrogen-bond acceptors (Lipinski definition) is 3. The van der Waals surface area contributed by atoms with E-state index in [0.29, 0.717) is 12.6 Å². The molecule has 0 aliphatic carbocycles. The molecule has 0 saturated carbocycles. The Balaban J connectivity index is 2.30. The van der Waals surface area contributed by atoms with Crippen LogP contribution in [-0.2, 0) is 9.53 Å². The zero-order valence-corrected chi connectivity index (χ0v) is 9.32. The van der Waals surface area contributed by atoms with Gasteiger partial charge in [-0.25, -0.2) is 0 Å². The van der Waals surface area contributed by atoms with Crippen LogP contribution < -0.4 is 0 Å². The Hall–Kier alpha value is -0.610. The Morgan fingerprint density at radius 1 is 1.43 bits per heavy atom. The molecule has 82 valence electrons. The zero-order valence-electron chi connectivity index (χ0n) is 9.32. The molecule has 0 aromatic heterocycles. The fourth-order valence-corrected chi connectivity index (χ4v) is 1.71. The minimum Gasteiger partial charge on any atom is -0.381 e. The summed E-state index contributed by atoms with van der Waals surface area (Å²) in [5, 5.41) is 0. The third-order valence-corrected chi connectivity index (χ3v) is 2.58. The van der Waals surface area contributed by atoms with Crippen molar-refractivity contribution < 1.29 is 9.53 Å². The van der Waals surface area contributed by atoms with Crippen molar-refractivity contribution in [1.82, 2.24) is 9.80 Å². The summed E-state index contributed by atoms with van der Waals surface area (Å²) in [6.45, 7) is 2.19. The molecule has 4 heteroatoms.